The minimum atomic E-state index is 0.0600. The van der Waals surface area contributed by atoms with Crippen molar-refractivity contribution in [3.63, 3.8) is 0 Å². The topological polar surface area (TPSA) is 26.0 Å². The molecule has 1 aromatic rings. The van der Waals surface area contributed by atoms with Gasteiger partial charge in [-0.25, -0.2) is 0 Å². The molecule has 1 atom stereocenters. The predicted molar refractivity (Wildman–Crippen MR) is 70.0 cm³/mol. The summed E-state index contributed by atoms with van der Waals surface area (Å²) in [6.07, 6.45) is 4.97. The van der Waals surface area contributed by atoms with E-state index in [1.54, 1.807) is 0 Å². The van der Waals surface area contributed by atoms with Gasteiger partial charge in [-0.3, -0.25) is 0 Å². The van der Waals surface area contributed by atoms with Gasteiger partial charge in [-0.15, -0.1) is 0 Å². The minimum absolute atomic E-state index is 0.0600. The van der Waals surface area contributed by atoms with E-state index >= 15 is 0 Å². The monoisotopic (exact) mass is 257 g/mol. The van der Waals surface area contributed by atoms with Crippen molar-refractivity contribution < 1.29 is 0 Å². The first-order valence-electron chi connectivity index (χ1n) is 5.73. The Kier molecular flexibility index (Phi) is 3.48. The maximum Gasteiger partial charge on any atom is 0.0595 e. The third-order valence-corrected chi connectivity index (χ3v) is 4.54. The molecule has 0 radical (unpaired) electrons. The van der Waals surface area contributed by atoms with Crippen molar-refractivity contribution in [1.29, 1.82) is 0 Å². The zero-order valence-corrected chi connectivity index (χ0v) is 11.0. The van der Waals surface area contributed by atoms with Gasteiger partial charge in [-0.2, -0.15) is 0 Å². The van der Waals surface area contributed by atoms with Gasteiger partial charge >= 0.3 is 0 Å². The molecule has 1 saturated carbocycles. The lowest BCUT2D eigenvalue weighted by molar-refractivity contribution is 0.265. The first kappa shape index (κ1) is 12.2. The highest BCUT2D eigenvalue weighted by Crippen LogP contribution is 2.46. The second kappa shape index (κ2) is 4.56. The van der Waals surface area contributed by atoms with Crippen LogP contribution in [0.5, 0.6) is 0 Å². The molecule has 0 heterocycles. The maximum atomic E-state index is 6.35. The lowest BCUT2D eigenvalue weighted by Crippen LogP contribution is -2.29. The first-order valence-corrected chi connectivity index (χ1v) is 6.49. The molecule has 88 valence electrons. The molecule has 1 fully saturated rings. The standard InChI is InChI=1S/C13H17Cl2N/c1-13(6-2-3-7-13)12(16)9-4-5-10(14)11(15)8-9/h4-5,8,12H,2-3,6-7,16H2,1H3. The van der Waals surface area contributed by atoms with Crippen LogP contribution in [-0.4, -0.2) is 0 Å². The largest absolute Gasteiger partial charge is 0.323 e. The van der Waals surface area contributed by atoms with Crippen LogP contribution >= 0.6 is 23.2 Å². The highest BCUT2D eigenvalue weighted by atomic mass is 35.5. The molecule has 1 aliphatic carbocycles. The Labute approximate surface area is 107 Å². The van der Waals surface area contributed by atoms with Gasteiger partial charge in [-0.1, -0.05) is 49.0 Å². The van der Waals surface area contributed by atoms with E-state index in [1.165, 1.54) is 25.7 Å². The van der Waals surface area contributed by atoms with Crippen LogP contribution in [-0.2, 0) is 0 Å². The predicted octanol–water partition coefficient (Wildman–Crippen LogP) is 4.57. The molecule has 1 nitrogen and oxygen atoms in total. The molecule has 1 aromatic carbocycles. The number of nitrogens with two attached hydrogens (primary N) is 1. The van der Waals surface area contributed by atoms with Crippen LogP contribution in [0.4, 0.5) is 0 Å². The van der Waals surface area contributed by atoms with Gasteiger partial charge in [0.15, 0.2) is 0 Å². The van der Waals surface area contributed by atoms with Crippen LogP contribution in [0.1, 0.15) is 44.2 Å². The van der Waals surface area contributed by atoms with E-state index in [-0.39, 0.29) is 11.5 Å². The van der Waals surface area contributed by atoms with Gasteiger partial charge in [0.1, 0.15) is 0 Å². The molecule has 1 unspecified atom stereocenters. The molecular weight excluding hydrogens is 241 g/mol. The minimum Gasteiger partial charge on any atom is -0.323 e. The van der Waals surface area contributed by atoms with Crippen LogP contribution in [0.15, 0.2) is 18.2 Å². The van der Waals surface area contributed by atoms with Crippen LogP contribution in [0, 0.1) is 5.41 Å². The van der Waals surface area contributed by atoms with E-state index < -0.39 is 0 Å². The van der Waals surface area contributed by atoms with Crippen LogP contribution in [0.3, 0.4) is 0 Å². The van der Waals surface area contributed by atoms with Crippen LogP contribution in [0.2, 0.25) is 10.0 Å². The van der Waals surface area contributed by atoms with Gasteiger partial charge in [0, 0.05) is 6.04 Å². The number of benzene rings is 1. The molecule has 0 amide bonds. The first-order chi connectivity index (χ1) is 7.53. The fourth-order valence-corrected chi connectivity index (χ4v) is 2.91. The van der Waals surface area contributed by atoms with E-state index in [9.17, 15) is 0 Å². The Balaban J connectivity index is 2.26. The SMILES string of the molecule is CC1(C(N)c2ccc(Cl)c(Cl)c2)CCCC1. The lowest BCUT2D eigenvalue weighted by Gasteiger charge is -2.31. The van der Waals surface area contributed by atoms with E-state index in [2.05, 4.69) is 6.92 Å². The molecule has 3 heteroatoms. The summed E-state index contributed by atoms with van der Waals surface area (Å²) in [4.78, 5) is 0. The van der Waals surface area contributed by atoms with E-state index in [1.807, 2.05) is 18.2 Å². The molecule has 0 aromatic heterocycles. The van der Waals surface area contributed by atoms with Crippen molar-refractivity contribution >= 4 is 23.2 Å². The molecule has 0 spiro atoms. The summed E-state index contributed by atoms with van der Waals surface area (Å²) < 4.78 is 0. The van der Waals surface area contributed by atoms with Crippen molar-refractivity contribution in [3.05, 3.63) is 33.8 Å². The highest BCUT2D eigenvalue weighted by molar-refractivity contribution is 6.42. The summed E-state index contributed by atoms with van der Waals surface area (Å²) in [7, 11) is 0. The molecule has 16 heavy (non-hydrogen) atoms. The zero-order valence-electron chi connectivity index (χ0n) is 9.47. The second-order valence-electron chi connectivity index (χ2n) is 5.01. The van der Waals surface area contributed by atoms with Gasteiger partial charge in [0.2, 0.25) is 0 Å². The highest BCUT2D eigenvalue weighted by Gasteiger charge is 2.35. The molecule has 0 aliphatic heterocycles. The molecular formula is C13H17Cl2N. The number of hydrogen-bond donors (Lipinski definition) is 1. The normalized spacial score (nSPS) is 21.0. The van der Waals surface area contributed by atoms with E-state index in [4.69, 9.17) is 28.9 Å². The average molecular weight is 258 g/mol. The summed E-state index contributed by atoms with van der Waals surface area (Å²) in [5.74, 6) is 0. The van der Waals surface area contributed by atoms with E-state index in [0.717, 1.165) is 5.56 Å². The van der Waals surface area contributed by atoms with Gasteiger partial charge in [0.05, 0.1) is 10.0 Å². The number of hydrogen-bond acceptors (Lipinski definition) is 1. The third kappa shape index (κ3) is 2.22. The summed E-state index contributed by atoms with van der Waals surface area (Å²) in [6.45, 7) is 2.27. The van der Waals surface area contributed by atoms with Crippen molar-refractivity contribution in [2.45, 2.75) is 38.6 Å². The maximum absolute atomic E-state index is 6.35. The molecule has 2 N–H and O–H groups in total. The summed E-state index contributed by atoms with van der Waals surface area (Å²) in [5.41, 5.74) is 7.67. The summed E-state index contributed by atoms with van der Waals surface area (Å²) in [5, 5.41) is 1.19. The summed E-state index contributed by atoms with van der Waals surface area (Å²) in [6, 6.07) is 5.78. The quantitative estimate of drug-likeness (QED) is 0.825. The molecule has 1 aliphatic rings. The van der Waals surface area contributed by atoms with Crippen molar-refractivity contribution in [3.8, 4) is 0 Å². The molecule has 0 bridgehead atoms. The van der Waals surface area contributed by atoms with Crippen LogP contribution in [0.25, 0.3) is 0 Å². The number of halogens is 2. The van der Waals surface area contributed by atoms with Gasteiger partial charge in [-0.05, 0) is 36.0 Å². The van der Waals surface area contributed by atoms with Crippen molar-refractivity contribution in [1.82, 2.24) is 0 Å². The second-order valence-corrected chi connectivity index (χ2v) is 5.83. The van der Waals surface area contributed by atoms with Crippen LogP contribution < -0.4 is 5.73 Å². The third-order valence-electron chi connectivity index (χ3n) is 3.80. The lowest BCUT2D eigenvalue weighted by atomic mass is 9.78. The Morgan fingerprint density at radius 3 is 2.38 bits per heavy atom. The van der Waals surface area contributed by atoms with E-state index in [0.29, 0.717) is 10.0 Å². The van der Waals surface area contributed by atoms with Crippen molar-refractivity contribution in [2.75, 3.05) is 0 Å². The Hall–Kier alpha value is -0.240. The fourth-order valence-electron chi connectivity index (χ4n) is 2.60. The Morgan fingerprint density at radius 2 is 1.81 bits per heavy atom. The molecule has 2 rings (SSSR count). The Morgan fingerprint density at radius 1 is 1.19 bits per heavy atom. The van der Waals surface area contributed by atoms with Crippen molar-refractivity contribution in [2.24, 2.45) is 11.1 Å². The average Bonchev–Trinajstić information content (AvgIpc) is 2.70. The number of rotatable bonds is 2. The van der Waals surface area contributed by atoms with Gasteiger partial charge in [0.25, 0.3) is 0 Å². The summed E-state index contributed by atoms with van der Waals surface area (Å²) >= 11 is 11.9. The Bertz CT molecular complexity index is 384. The molecule has 0 saturated heterocycles. The smallest absolute Gasteiger partial charge is 0.0595 e. The zero-order chi connectivity index (χ0) is 11.8. The van der Waals surface area contributed by atoms with Gasteiger partial charge < -0.3 is 5.73 Å². The fraction of sp³-hybridized carbons (Fsp3) is 0.538.